The van der Waals surface area contributed by atoms with Crippen molar-refractivity contribution in [1.29, 1.82) is 0 Å². The Balaban J connectivity index is 0.00000280. The minimum absolute atomic E-state index is 0. The predicted octanol–water partition coefficient (Wildman–Crippen LogP) is 3.57. The van der Waals surface area contributed by atoms with Crippen LogP contribution in [0.25, 0.3) is 0 Å². The molecular formula is C20H29IN4O3. The number of hydrogen-bond donors (Lipinski definition) is 1. The van der Waals surface area contributed by atoms with Crippen molar-refractivity contribution >= 4 is 29.9 Å². The fourth-order valence-electron chi connectivity index (χ4n) is 3.25. The molecule has 28 heavy (non-hydrogen) atoms. The number of methoxy groups -OCH3 is 2. The first-order valence-electron chi connectivity index (χ1n) is 9.20. The number of nitrogens with zero attached hydrogens (tertiary/aromatic N) is 3. The van der Waals surface area contributed by atoms with Gasteiger partial charge in [-0.2, -0.15) is 0 Å². The fourth-order valence-corrected chi connectivity index (χ4v) is 3.25. The molecule has 0 spiro atoms. The van der Waals surface area contributed by atoms with Gasteiger partial charge in [0.15, 0.2) is 23.2 Å². The van der Waals surface area contributed by atoms with Crippen molar-refractivity contribution in [2.45, 2.75) is 39.3 Å². The first kappa shape index (κ1) is 22.3. The largest absolute Gasteiger partial charge is 0.493 e. The van der Waals surface area contributed by atoms with Gasteiger partial charge in [0.25, 0.3) is 0 Å². The van der Waals surface area contributed by atoms with E-state index in [1.807, 2.05) is 6.07 Å². The molecule has 1 aliphatic heterocycles. The lowest BCUT2D eigenvalue weighted by molar-refractivity contribution is 0.343. The van der Waals surface area contributed by atoms with E-state index < -0.39 is 0 Å². The molecule has 0 radical (unpaired) electrons. The highest BCUT2D eigenvalue weighted by Gasteiger charge is 2.22. The number of benzene rings is 1. The van der Waals surface area contributed by atoms with Crippen LogP contribution in [0.2, 0.25) is 0 Å². The molecule has 0 saturated heterocycles. The van der Waals surface area contributed by atoms with Gasteiger partial charge < -0.3 is 24.2 Å². The number of fused-ring (bicyclic) bond motifs is 1. The van der Waals surface area contributed by atoms with Crippen LogP contribution in [0.4, 0.5) is 0 Å². The van der Waals surface area contributed by atoms with Crippen LogP contribution in [-0.2, 0) is 19.5 Å². The topological polar surface area (TPSA) is 72.1 Å². The summed E-state index contributed by atoms with van der Waals surface area (Å²) >= 11 is 0. The monoisotopic (exact) mass is 500 g/mol. The SMILES string of the molecule is CN=C(NCc1cc(C(C)C)no1)N1CCc2cc(OC)c(OC)cc2C1.I. The Bertz CT molecular complexity index is 820. The number of halogens is 1. The van der Waals surface area contributed by atoms with E-state index in [2.05, 4.69) is 46.3 Å². The molecule has 0 atom stereocenters. The Morgan fingerprint density at radius 2 is 1.89 bits per heavy atom. The van der Waals surface area contributed by atoms with Crippen LogP contribution < -0.4 is 14.8 Å². The fraction of sp³-hybridized carbons (Fsp3) is 0.500. The molecule has 0 fully saturated rings. The molecule has 7 nitrogen and oxygen atoms in total. The van der Waals surface area contributed by atoms with Crippen LogP contribution in [0, 0.1) is 0 Å². The van der Waals surface area contributed by atoms with Gasteiger partial charge in [-0.3, -0.25) is 4.99 Å². The quantitative estimate of drug-likeness (QED) is 0.385. The molecule has 0 unspecified atom stereocenters. The number of nitrogens with one attached hydrogen (secondary N) is 1. The predicted molar refractivity (Wildman–Crippen MR) is 120 cm³/mol. The Kier molecular flexibility index (Phi) is 7.97. The van der Waals surface area contributed by atoms with Crippen molar-refractivity contribution in [2.75, 3.05) is 27.8 Å². The third-order valence-electron chi connectivity index (χ3n) is 4.82. The second-order valence-electron chi connectivity index (χ2n) is 6.92. The average molecular weight is 500 g/mol. The maximum atomic E-state index is 5.44. The van der Waals surface area contributed by atoms with Crippen molar-refractivity contribution in [3.05, 3.63) is 40.8 Å². The number of hydrogen-bond acceptors (Lipinski definition) is 5. The van der Waals surface area contributed by atoms with E-state index in [9.17, 15) is 0 Å². The van der Waals surface area contributed by atoms with Crippen LogP contribution in [-0.4, -0.2) is 43.8 Å². The van der Waals surface area contributed by atoms with Gasteiger partial charge in [0.05, 0.1) is 26.5 Å². The summed E-state index contributed by atoms with van der Waals surface area (Å²) in [6, 6.07) is 6.12. The number of guanidine groups is 1. The smallest absolute Gasteiger partial charge is 0.194 e. The number of ether oxygens (including phenoxy) is 2. The molecule has 1 aromatic heterocycles. The minimum atomic E-state index is 0. The number of aliphatic imine (C=N–C) groups is 1. The van der Waals surface area contributed by atoms with Crippen molar-refractivity contribution in [3.63, 3.8) is 0 Å². The van der Waals surface area contributed by atoms with Gasteiger partial charge in [-0.1, -0.05) is 19.0 Å². The molecular weight excluding hydrogens is 471 g/mol. The molecule has 2 heterocycles. The molecule has 0 bridgehead atoms. The highest BCUT2D eigenvalue weighted by Crippen LogP contribution is 2.33. The van der Waals surface area contributed by atoms with Crippen molar-refractivity contribution in [2.24, 2.45) is 4.99 Å². The molecule has 3 rings (SSSR count). The zero-order valence-electron chi connectivity index (χ0n) is 17.1. The molecule has 0 aliphatic carbocycles. The van der Waals surface area contributed by atoms with Gasteiger partial charge in [0, 0.05) is 26.2 Å². The summed E-state index contributed by atoms with van der Waals surface area (Å²) in [6.45, 7) is 6.41. The number of aromatic nitrogens is 1. The summed E-state index contributed by atoms with van der Waals surface area (Å²) in [5, 5.41) is 7.48. The minimum Gasteiger partial charge on any atom is -0.493 e. The molecule has 8 heteroatoms. The van der Waals surface area contributed by atoms with Gasteiger partial charge in [0.1, 0.15) is 0 Å². The molecule has 0 saturated carbocycles. The van der Waals surface area contributed by atoms with Crippen molar-refractivity contribution in [3.8, 4) is 11.5 Å². The molecule has 1 aromatic carbocycles. The first-order valence-corrected chi connectivity index (χ1v) is 9.20. The molecule has 1 aliphatic rings. The van der Waals surface area contributed by atoms with Gasteiger partial charge in [0.2, 0.25) is 0 Å². The normalized spacial score (nSPS) is 13.8. The second kappa shape index (κ2) is 9.99. The van der Waals surface area contributed by atoms with Gasteiger partial charge in [-0.25, -0.2) is 0 Å². The van der Waals surface area contributed by atoms with E-state index in [0.29, 0.717) is 12.5 Å². The van der Waals surface area contributed by atoms with Crippen molar-refractivity contribution in [1.82, 2.24) is 15.4 Å². The second-order valence-corrected chi connectivity index (χ2v) is 6.92. The summed E-state index contributed by atoms with van der Waals surface area (Å²) in [5.74, 6) is 3.54. The lowest BCUT2D eigenvalue weighted by Crippen LogP contribution is -2.43. The third-order valence-corrected chi connectivity index (χ3v) is 4.82. The summed E-state index contributed by atoms with van der Waals surface area (Å²) in [6.07, 6.45) is 0.927. The van der Waals surface area contributed by atoms with Crippen LogP contribution in [0.5, 0.6) is 11.5 Å². The van der Waals surface area contributed by atoms with Gasteiger partial charge in [-0.15, -0.1) is 24.0 Å². The summed E-state index contributed by atoms with van der Waals surface area (Å²) in [7, 11) is 5.12. The Hall–Kier alpha value is -1.97. The van der Waals surface area contributed by atoms with Crippen LogP contribution >= 0.6 is 24.0 Å². The summed E-state index contributed by atoms with van der Waals surface area (Å²) < 4.78 is 16.3. The molecule has 154 valence electrons. The Morgan fingerprint density at radius 1 is 1.21 bits per heavy atom. The van der Waals surface area contributed by atoms with E-state index >= 15 is 0 Å². The Morgan fingerprint density at radius 3 is 2.46 bits per heavy atom. The average Bonchev–Trinajstić information content (AvgIpc) is 3.16. The molecule has 0 amide bonds. The Labute approximate surface area is 183 Å². The van der Waals surface area contributed by atoms with Crippen LogP contribution in [0.15, 0.2) is 27.7 Å². The first-order chi connectivity index (χ1) is 13.0. The van der Waals surface area contributed by atoms with E-state index in [4.69, 9.17) is 14.0 Å². The van der Waals surface area contributed by atoms with E-state index in [0.717, 1.165) is 48.4 Å². The zero-order chi connectivity index (χ0) is 19.4. The van der Waals surface area contributed by atoms with E-state index in [1.54, 1.807) is 21.3 Å². The zero-order valence-corrected chi connectivity index (χ0v) is 19.4. The van der Waals surface area contributed by atoms with E-state index in [1.165, 1.54) is 11.1 Å². The van der Waals surface area contributed by atoms with Gasteiger partial charge >= 0.3 is 0 Å². The van der Waals surface area contributed by atoms with Crippen LogP contribution in [0.1, 0.15) is 42.3 Å². The lowest BCUT2D eigenvalue weighted by Gasteiger charge is -2.32. The highest BCUT2D eigenvalue weighted by molar-refractivity contribution is 14.0. The maximum Gasteiger partial charge on any atom is 0.194 e. The summed E-state index contributed by atoms with van der Waals surface area (Å²) in [5.41, 5.74) is 3.48. The van der Waals surface area contributed by atoms with Gasteiger partial charge in [-0.05, 0) is 35.6 Å². The van der Waals surface area contributed by atoms with E-state index in [-0.39, 0.29) is 24.0 Å². The highest BCUT2D eigenvalue weighted by atomic mass is 127. The molecule has 2 aromatic rings. The third kappa shape index (κ3) is 4.89. The van der Waals surface area contributed by atoms with Crippen molar-refractivity contribution < 1.29 is 14.0 Å². The summed E-state index contributed by atoms with van der Waals surface area (Å²) in [4.78, 5) is 6.66. The maximum absolute atomic E-state index is 5.44. The molecule has 1 N–H and O–H groups in total. The number of rotatable bonds is 5. The standard InChI is InChI=1S/C20H28N4O3.HI/c1-13(2)17-10-16(27-23-17)11-22-20(21-3)24-7-6-14-8-18(25-4)19(26-5)9-15(14)12-24;/h8-10,13H,6-7,11-12H2,1-5H3,(H,21,22);1H. The lowest BCUT2D eigenvalue weighted by atomic mass is 9.99. The van der Waals surface area contributed by atoms with Crippen LogP contribution in [0.3, 0.4) is 0 Å².